The summed E-state index contributed by atoms with van der Waals surface area (Å²) in [4.78, 5) is 38.9. The van der Waals surface area contributed by atoms with Crippen molar-refractivity contribution < 1.29 is 19.5 Å². The Morgan fingerprint density at radius 3 is 2.67 bits per heavy atom. The molecule has 2 amide bonds. The molecule has 2 unspecified atom stereocenters. The van der Waals surface area contributed by atoms with Crippen LogP contribution in [-0.4, -0.2) is 58.4 Å². The van der Waals surface area contributed by atoms with Gasteiger partial charge in [-0.1, -0.05) is 13.3 Å². The molecule has 6 heteroatoms. The fourth-order valence-electron chi connectivity index (χ4n) is 3.30. The molecule has 0 aromatic carbocycles. The molecule has 21 heavy (non-hydrogen) atoms. The molecule has 0 bridgehead atoms. The maximum atomic E-state index is 12.5. The zero-order valence-corrected chi connectivity index (χ0v) is 12.6. The summed E-state index contributed by atoms with van der Waals surface area (Å²) < 4.78 is 0. The van der Waals surface area contributed by atoms with Gasteiger partial charge in [0.25, 0.3) is 0 Å². The number of nitrogens with zero attached hydrogens (tertiary/aromatic N) is 2. The summed E-state index contributed by atoms with van der Waals surface area (Å²) in [5, 5.41) is 9.36. The number of carbonyl (C=O) groups is 3. The van der Waals surface area contributed by atoms with Crippen molar-refractivity contribution in [2.75, 3.05) is 19.6 Å². The maximum absolute atomic E-state index is 12.5. The third kappa shape index (κ3) is 3.74. The van der Waals surface area contributed by atoms with Crippen molar-refractivity contribution >= 4 is 17.8 Å². The lowest BCUT2D eigenvalue weighted by Gasteiger charge is -2.38. The van der Waals surface area contributed by atoms with Crippen molar-refractivity contribution in [3.63, 3.8) is 0 Å². The molecule has 2 rings (SSSR count). The fourth-order valence-corrected chi connectivity index (χ4v) is 3.30. The number of rotatable bonds is 3. The van der Waals surface area contributed by atoms with Gasteiger partial charge in [-0.2, -0.15) is 0 Å². The smallest absolute Gasteiger partial charge is 0.326 e. The van der Waals surface area contributed by atoms with Gasteiger partial charge in [0, 0.05) is 19.5 Å². The average Bonchev–Trinajstić information content (AvgIpc) is 2.63. The quantitative estimate of drug-likeness (QED) is 0.846. The first-order valence-corrected chi connectivity index (χ1v) is 7.80. The highest BCUT2D eigenvalue weighted by atomic mass is 16.4. The number of carboxylic acids is 1. The molecule has 0 radical (unpaired) electrons. The van der Waals surface area contributed by atoms with Crippen LogP contribution in [0.4, 0.5) is 0 Å². The van der Waals surface area contributed by atoms with Crippen LogP contribution < -0.4 is 0 Å². The molecule has 0 aromatic rings. The van der Waals surface area contributed by atoms with Gasteiger partial charge in [0.1, 0.15) is 6.04 Å². The summed E-state index contributed by atoms with van der Waals surface area (Å²) in [6.07, 6.45) is 4.94. The monoisotopic (exact) mass is 296 g/mol. The summed E-state index contributed by atoms with van der Waals surface area (Å²) in [6, 6.07) is -0.756. The molecule has 2 atom stereocenters. The number of carbonyl (C=O) groups excluding carboxylic acids is 2. The Morgan fingerprint density at radius 1 is 1.19 bits per heavy atom. The molecule has 2 aliphatic rings. The van der Waals surface area contributed by atoms with E-state index in [-0.39, 0.29) is 24.3 Å². The van der Waals surface area contributed by atoms with E-state index in [0.29, 0.717) is 19.5 Å². The highest BCUT2D eigenvalue weighted by molar-refractivity contribution is 5.88. The van der Waals surface area contributed by atoms with Crippen LogP contribution in [0.15, 0.2) is 0 Å². The molecule has 0 saturated carbocycles. The summed E-state index contributed by atoms with van der Waals surface area (Å²) in [7, 11) is 0. The van der Waals surface area contributed by atoms with Gasteiger partial charge >= 0.3 is 5.97 Å². The van der Waals surface area contributed by atoms with Crippen molar-refractivity contribution in [3.8, 4) is 0 Å². The van der Waals surface area contributed by atoms with E-state index >= 15 is 0 Å². The molecule has 2 heterocycles. The lowest BCUT2D eigenvalue weighted by molar-refractivity contribution is -0.155. The van der Waals surface area contributed by atoms with Crippen LogP contribution in [0.3, 0.4) is 0 Å². The zero-order chi connectivity index (χ0) is 15.4. The Morgan fingerprint density at radius 2 is 1.95 bits per heavy atom. The molecule has 0 spiro atoms. The first-order chi connectivity index (χ1) is 10.0. The van der Waals surface area contributed by atoms with Gasteiger partial charge in [-0.15, -0.1) is 0 Å². The van der Waals surface area contributed by atoms with Gasteiger partial charge < -0.3 is 14.9 Å². The third-order valence-corrected chi connectivity index (χ3v) is 4.50. The molecule has 1 N–H and O–H groups in total. The first-order valence-electron chi connectivity index (χ1n) is 7.80. The first kappa shape index (κ1) is 15.8. The van der Waals surface area contributed by atoms with E-state index in [1.165, 1.54) is 4.90 Å². The van der Waals surface area contributed by atoms with Gasteiger partial charge in [0.15, 0.2) is 0 Å². The second-order valence-electron chi connectivity index (χ2n) is 6.12. The largest absolute Gasteiger partial charge is 0.480 e. The third-order valence-electron chi connectivity index (χ3n) is 4.50. The van der Waals surface area contributed by atoms with Crippen molar-refractivity contribution in [3.05, 3.63) is 0 Å². The summed E-state index contributed by atoms with van der Waals surface area (Å²) in [5.41, 5.74) is 0. The predicted octanol–water partition coefficient (Wildman–Crippen LogP) is 1.10. The molecule has 2 saturated heterocycles. The van der Waals surface area contributed by atoms with E-state index in [4.69, 9.17) is 0 Å². The van der Waals surface area contributed by atoms with Crippen molar-refractivity contribution in [1.29, 1.82) is 0 Å². The summed E-state index contributed by atoms with van der Waals surface area (Å²) in [5.74, 6) is -1.21. The van der Waals surface area contributed by atoms with Crippen LogP contribution in [0.1, 0.15) is 45.4 Å². The predicted molar refractivity (Wildman–Crippen MR) is 76.6 cm³/mol. The Labute approximate surface area is 125 Å². The van der Waals surface area contributed by atoms with E-state index in [1.54, 1.807) is 4.90 Å². The lowest BCUT2D eigenvalue weighted by Crippen LogP contribution is -2.54. The number of amides is 2. The second kappa shape index (κ2) is 6.91. The fraction of sp³-hybridized carbons (Fsp3) is 0.800. The van der Waals surface area contributed by atoms with Crippen LogP contribution in [0.25, 0.3) is 0 Å². The average molecular weight is 296 g/mol. The van der Waals surface area contributed by atoms with Crippen molar-refractivity contribution in [2.24, 2.45) is 5.92 Å². The Balaban J connectivity index is 2.03. The normalized spacial score (nSPS) is 27.4. The van der Waals surface area contributed by atoms with Crippen LogP contribution in [0.2, 0.25) is 0 Å². The Bertz CT molecular complexity index is 424. The number of carboxylic acid groups (broad SMARTS) is 1. The molecular weight excluding hydrogens is 272 g/mol. The molecular formula is C15H24N2O4. The number of piperidine rings is 1. The highest BCUT2D eigenvalue weighted by Crippen LogP contribution is 2.24. The number of likely N-dealkylation sites (tertiary alicyclic amines) is 2. The molecule has 118 valence electrons. The second-order valence-corrected chi connectivity index (χ2v) is 6.12. The Hall–Kier alpha value is -1.59. The van der Waals surface area contributed by atoms with E-state index in [1.807, 2.05) is 6.92 Å². The van der Waals surface area contributed by atoms with Crippen LogP contribution >= 0.6 is 0 Å². The number of aliphatic carboxylic acids is 1. The van der Waals surface area contributed by atoms with E-state index in [0.717, 1.165) is 32.1 Å². The van der Waals surface area contributed by atoms with Crippen LogP contribution in [-0.2, 0) is 14.4 Å². The van der Waals surface area contributed by atoms with Gasteiger partial charge in [-0.3, -0.25) is 9.59 Å². The van der Waals surface area contributed by atoms with E-state index < -0.39 is 12.0 Å². The van der Waals surface area contributed by atoms with Gasteiger partial charge in [0.2, 0.25) is 11.8 Å². The molecule has 0 aromatic heterocycles. The van der Waals surface area contributed by atoms with Crippen molar-refractivity contribution in [2.45, 2.75) is 51.5 Å². The van der Waals surface area contributed by atoms with Gasteiger partial charge in [-0.05, 0) is 31.6 Å². The SMILES string of the molecule is CC1CCCN(C(=O)CN2CCCCCC2=O)C1C(=O)O. The van der Waals surface area contributed by atoms with Crippen LogP contribution in [0, 0.1) is 5.92 Å². The number of hydrogen-bond acceptors (Lipinski definition) is 3. The topological polar surface area (TPSA) is 77.9 Å². The molecule has 6 nitrogen and oxygen atoms in total. The lowest BCUT2D eigenvalue weighted by atomic mass is 9.90. The molecule has 2 aliphatic heterocycles. The van der Waals surface area contributed by atoms with Crippen molar-refractivity contribution in [1.82, 2.24) is 9.80 Å². The Kier molecular flexibility index (Phi) is 5.20. The van der Waals surface area contributed by atoms with E-state index in [2.05, 4.69) is 0 Å². The maximum Gasteiger partial charge on any atom is 0.326 e. The van der Waals surface area contributed by atoms with Gasteiger partial charge in [0.05, 0.1) is 6.54 Å². The zero-order valence-electron chi connectivity index (χ0n) is 12.6. The summed E-state index contributed by atoms with van der Waals surface area (Å²) >= 11 is 0. The molecule has 2 fully saturated rings. The minimum atomic E-state index is -0.947. The van der Waals surface area contributed by atoms with Gasteiger partial charge in [-0.25, -0.2) is 4.79 Å². The van der Waals surface area contributed by atoms with Crippen LogP contribution in [0.5, 0.6) is 0 Å². The summed E-state index contributed by atoms with van der Waals surface area (Å²) in [6.45, 7) is 2.97. The molecule has 0 aliphatic carbocycles. The number of hydrogen-bond donors (Lipinski definition) is 1. The minimum Gasteiger partial charge on any atom is -0.480 e. The highest BCUT2D eigenvalue weighted by Gasteiger charge is 2.37. The standard InChI is InChI=1S/C15H24N2O4/c1-11-6-5-9-17(14(11)15(20)21)13(19)10-16-8-4-2-3-7-12(16)18/h11,14H,2-10H2,1H3,(H,20,21). The van der Waals surface area contributed by atoms with E-state index in [9.17, 15) is 19.5 Å². The minimum absolute atomic E-state index is 0.0118.